The molecule has 2 aromatic carbocycles. The van der Waals surface area contributed by atoms with E-state index in [0.717, 1.165) is 5.57 Å². The van der Waals surface area contributed by atoms with Crippen molar-refractivity contribution in [1.29, 1.82) is 0 Å². The fraction of sp³-hybridized carbons (Fsp3) is 0.281. The van der Waals surface area contributed by atoms with Crippen LogP contribution in [0.3, 0.4) is 0 Å². The predicted octanol–water partition coefficient (Wildman–Crippen LogP) is 4.24. The third-order valence-corrected chi connectivity index (χ3v) is 8.63. The van der Waals surface area contributed by atoms with Crippen LogP contribution in [0.25, 0.3) is 0 Å². The number of methoxy groups -OCH3 is 1. The summed E-state index contributed by atoms with van der Waals surface area (Å²) < 4.78 is 5.32. The molecule has 8 heteroatoms. The Hall–Kier alpha value is -4.59. The molecule has 0 unspecified atom stereocenters. The van der Waals surface area contributed by atoms with E-state index in [1.165, 1.54) is 31.1 Å². The molecule has 202 valence electrons. The lowest BCUT2D eigenvalue weighted by Gasteiger charge is -2.42. The van der Waals surface area contributed by atoms with Crippen molar-refractivity contribution in [3.8, 4) is 11.5 Å². The van der Waals surface area contributed by atoms with Crippen LogP contribution in [0.5, 0.6) is 11.5 Å². The summed E-state index contributed by atoms with van der Waals surface area (Å²) in [5.41, 5.74) is 3.43. The van der Waals surface area contributed by atoms with Crippen LogP contribution in [0.1, 0.15) is 48.5 Å². The van der Waals surface area contributed by atoms with Gasteiger partial charge in [-0.2, -0.15) is 0 Å². The number of anilines is 1. The van der Waals surface area contributed by atoms with Crippen LogP contribution in [-0.4, -0.2) is 41.4 Å². The highest BCUT2D eigenvalue weighted by molar-refractivity contribution is 6.25. The Morgan fingerprint density at radius 2 is 1.73 bits per heavy atom. The molecule has 1 saturated heterocycles. The fourth-order valence-corrected chi connectivity index (χ4v) is 6.73. The highest BCUT2D eigenvalue weighted by Crippen LogP contribution is 2.55. The molecule has 1 heterocycles. The van der Waals surface area contributed by atoms with Gasteiger partial charge in [0.25, 0.3) is 0 Å². The van der Waals surface area contributed by atoms with Gasteiger partial charge < -0.3 is 9.84 Å². The van der Waals surface area contributed by atoms with Gasteiger partial charge in [-0.15, -0.1) is 0 Å². The fourth-order valence-electron chi connectivity index (χ4n) is 6.73. The Morgan fingerprint density at radius 1 is 1.00 bits per heavy atom. The van der Waals surface area contributed by atoms with Gasteiger partial charge in [0.1, 0.15) is 0 Å². The lowest BCUT2D eigenvalue weighted by Crippen LogP contribution is -2.39. The average molecular weight is 538 g/mol. The maximum Gasteiger partial charge on any atom is 0.238 e. The summed E-state index contributed by atoms with van der Waals surface area (Å²) in [4.78, 5) is 67.2. The van der Waals surface area contributed by atoms with Gasteiger partial charge in [-0.1, -0.05) is 17.7 Å². The third-order valence-electron chi connectivity index (χ3n) is 8.63. The Kier molecular flexibility index (Phi) is 5.94. The molecule has 6 rings (SSSR count). The van der Waals surface area contributed by atoms with E-state index in [4.69, 9.17) is 4.74 Å². The number of imide groups is 1. The SMILES string of the molecule is COc1cc([C@H]2C3=CC[C@@H]4C(=O)N(c5ccc(C(C)=O)cc5)C(=O)[C@@H]4[C@@H]3CC3=C2C(=O)C=C(C)C3=O)ccc1O. The normalized spacial score (nSPS) is 25.7. The lowest BCUT2D eigenvalue weighted by atomic mass is 9.59. The Bertz CT molecular complexity index is 1620. The van der Waals surface area contributed by atoms with E-state index in [0.29, 0.717) is 40.0 Å². The zero-order valence-electron chi connectivity index (χ0n) is 22.3. The van der Waals surface area contributed by atoms with Crippen molar-refractivity contribution >= 4 is 34.9 Å². The zero-order chi connectivity index (χ0) is 28.5. The van der Waals surface area contributed by atoms with E-state index in [9.17, 15) is 29.1 Å². The summed E-state index contributed by atoms with van der Waals surface area (Å²) >= 11 is 0. The van der Waals surface area contributed by atoms with Crippen LogP contribution in [0.2, 0.25) is 0 Å². The second kappa shape index (κ2) is 9.26. The van der Waals surface area contributed by atoms with E-state index in [2.05, 4.69) is 0 Å². The Morgan fingerprint density at radius 3 is 2.40 bits per heavy atom. The van der Waals surface area contributed by atoms with E-state index >= 15 is 0 Å². The van der Waals surface area contributed by atoms with E-state index in [-0.39, 0.29) is 47.1 Å². The second-order valence-corrected chi connectivity index (χ2v) is 10.8. The number of ketones is 3. The minimum Gasteiger partial charge on any atom is -0.504 e. The number of aromatic hydroxyl groups is 1. The van der Waals surface area contributed by atoms with Gasteiger partial charge in [-0.3, -0.25) is 28.9 Å². The number of ether oxygens (including phenoxy) is 1. The molecule has 4 atom stereocenters. The van der Waals surface area contributed by atoms with Crippen molar-refractivity contribution in [2.75, 3.05) is 12.0 Å². The first-order chi connectivity index (χ1) is 19.1. The number of benzene rings is 2. The number of phenolic OH excluding ortho intramolecular Hbond substituents is 1. The van der Waals surface area contributed by atoms with Gasteiger partial charge in [-0.25, -0.2) is 0 Å². The largest absolute Gasteiger partial charge is 0.504 e. The molecule has 0 saturated carbocycles. The number of nitrogens with zero attached hydrogens (tertiary/aromatic N) is 1. The summed E-state index contributed by atoms with van der Waals surface area (Å²) in [6, 6.07) is 11.2. The number of phenols is 1. The molecule has 2 aromatic rings. The molecular formula is C32H27NO7. The number of allylic oxidation sites excluding steroid dienone is 6. The van der Waals surface area contributed by atoms with Crippen LogP contribution in [0.15, 0.2) is 76.9 Å². The molecule has 1 aliphatic heterocycles. The molecule has 0 radical (unpaired) electrons. The number of carbonyl (C=O) groups excluding carboxylic acids is 5. The van der Waals surface area contributed by atoms with Gasteiger partial charge in [0.15, 0.2) is 28.8 Å². The molecule has 2 amide bonds. The maximum atomic E-state index is 14.0. The average Bonchev–Trinajstić information content (AvgIpc) is 3.20. The lowest BCUT2D eigenvalue weighted by molar-refractivity contribution is -0.123. The first kappa shape index (κ1) is 25.7. The molecule has 8 nitrogen and oxygen atoms in total. The second-order valence-electron chi connectivity index (χ2n) is 10.8. The first-order valence-corrected chi connectivity index (χ1v) is 13.2. The third kappa shape index (κ3) is 3.70. The van der Waals surface area contributed by atoms with Gasteiger partial charge in [-0.05, 0) is 80.6 Å². The van der Waals surface area contributed by atoms with Crippen molar-refractivity contribution < 1.29 is 33.8 Å². The standard InChI is InChI=1S/C32H27NO7/c1-15-12-25(36)29-23(30(15)37)14-22-20(27(29)18-6-11-24(35)26(13-18)40-3)9-10-21-28(22)32(39)33(31(21)38)19-7-4-17(5-8-19)16(2)34/h4-9,11-13,21-22,27-28,35H,10,14H2,1-3H3/t21-,22+,27-,28-/m0/s1. The van der Waals surface area contributed by atoms with Crippen molar-refractivity contribution in [3.05, 3.63) is 88.0 Å². The van der Waals surface area contributed by atoms with E-state index in [1.54, 1.807) is 43.3 Å². The molecule has 0 spiro atoms. The van der Waals surface area contributed by atoms with Crippen LogP contribution in [0, 0.1) is 17.8 Å². The molecule has 40 heavy (non-hydrogen) atoms. The summed E-state index contributed by atoms with van der Waals surface area (Å²) in [7, 11) is 1.43. The van der Waals surface area contributed by atoms with Crippen LogP contribution >= 0.6 is 0 Å². The minimum absolute atomic E-state index is 0.0599. The number of hydrogen-bond donors (Lipinski definition) is 1. The highest BCUT2D eigenvalue weighted by Gasteiger charge is 2.56. The molecule has 1 fully saturated rings. The molecule has 4 aliphatic rings. The molecular weight excluding hydrogens is 510 g/mol. The van der Waals surface area contributed by atoms with Gasteiger partial charge in [0.2, 0.25) is 11.8 Å². The van der Waals surface area contributed by atoms with Gasteiger partial charge in [0, 0.05) is 28.2 Å². The Balaban J connectivity index is 1.46. The summed E-state index contributed by atoms with van der Waals surface area (Å²) in [6.07, 6.45) is 3.79. The molecule has 0 bridgehead atoms. The van der Waals surface area contributed by atoms with Crippen molar-refractivity contribution in [3.63, 3.8) is 0 Å². The summed E-state index contributed by atoms with van der Waals surface area (Å²) in [5.74, 6) is -3.51. The number of Topliss-reactive ketones (excluding diaryl/α,β-unsaturated/α-hetero) is 2. The maximum absolute atomic E-state index is 14.0. The van der Waals surface area contributed by atoms with Crippen LogP contribution in [0.4, 0.5) is 5.69 Å². The first-order valence-electron chi connectivity index (χ1n) is 13.2. The van der Waals surface area contributed by atoms with E-state index in [1.807, 2.05) is 6.08 Å². The van der Waals surface area contributed by atoms with Gasteiger partial charge in [0.05, 0.1) is 24.6 Å². The summed E-state index contributed by atoms with van der Waals surface area (Å²) in [6.45, 7) is 3.05. The van der Waals surface area contributed by atoms with Crippen LogP contribution in [-0.2, 0) is 19.2 Å². The smallest absolute Gasteiger partial charge is 0.238 e. The molecule has 3 aliphatic carbocycles. The Labute approximate surface area is 230 Å². The van der Waals surface area contributed by atoms with Crippen LogP contribution < -0.4 is 9.64 Å². The summed E-state index contributed by atoms with van der Waals surface area (Å²) in [5, 5.41) is 10.2. The number of fused-ring (bicyclic) bond motifs is 3. The van der Waals surface area contributed by atoms with Crippen molar-refractivity contribution in [2.24, 2.45) is 17.8 Å². The van der Waals surface area contributed by atoms with Gasteiger partial charge >= 0.3 is 0 Å². The zero-order valence-corrected chi connectivity index (χ0v) is 22.3. The van der Waals surface area contributed by atoms with E-state index < -0.39 is 23.7 Å². The van der Waals surface area contributed by atoms with Crippen molar-refractivity contribution in [1.82, 2.24) is 0 Å². The topological polar surface area (TPSA) is 118 Å². The van der Waals surface area contributed by atoms with Crippen molar-refractivity contribution in [2.45, 2.75) is 32.6 Å². The monoisotopic (exact) mass is 537 g/mol. The minimum atomic E-state index is -0.704. The molecule has 1 N–H and O–H groups in total. The number of rotatable bonds is 4. The number of hydrogen-bond acceptors (Lipinski definition) is 7. The quantitative estimate of drug-likeness (QED) is 0.268. The highest BCUT2D eigenvalue weighted by atomic mass is 16.5. The number of carbonyl (C=O) groups is 5. The predicted molar refractivity (Wildman–Crippen MR) is 145 cm³/mol. The molecule has 0 aromatic heterocycles. The number of amides is 2.